The molecule has 0 aromatic carbocycles. The van der Waals surface area contributed by atoms with E-state index in [1.165, 1.54) is 12.8 Å². The average Bonchev–Trinajstić information content (AvgIpc) is 2.56. The molecule has 3 heterocycles. The molecule has 0 radical (unpaired) electrons. The number of rotatable bonds is 4. The molecule has 1 unspecified atom stereocenters. The van der Waals surface area contributed by atoms with Crippen molar-refractivity contribution in [2.45, 2.75) is 38.8 Å². The van der Waals surface area contributed by atoms with E-state index in [0.717, 1.165) is 36.6 Å². The van der Waals surface area contributed by atoms with E-state index in [9.17, 15) is 0 Å². The second kappa shape index (κ2) is 6.79. The topological polar surface area (TPSA) is 64.0 Å². The van der Waals surface area contributed by atoms with Crippen molar-refractivity contribution in [3.8, 4) is 6.01 Å². The highest BCUT2D eigenvalue weighted by atomic mass is 16.5. The first-order valence-electron chi connectivity index (χ1n) is 7.65. The number of aryl methyl sites for hydroxylation is 1. The van der Waals surface area contributed by atoms with Crippen molar-refractivity contribution in [3.05, 3.63) is 41.7 Å². The standard InChI is InChI=1S/C16H21N5O/c1-12-17-7-6-14(20-12)15-5-3-4-8-21(15)11-13-9-18-16(22-2)19-10-13/h6-7,9-10,15H,3-5,8,11H2,1-2H3. The number of nitrogens with zero attached hydrogens (tertiary/aromatic N) is 5. The lowest BCUT2D eigenvalue weighted by molar-refractivity contribution is 0.136. The van der Waals surface area contributed by atoms with Crippen LogP contribution in [0.2, 0.25) is 0 Å². The Morgan fingerprint density at radius 3 is 2.77 bits per heavy atom. The van der Waals surface area contributed by atoms with Gasteiger partial charge in [-0.3, -0.25) is 4.90 Å². The Labute approximate surface area is 130 Å². The SMILES string of the molecule is COc1ncc(CN2CCCCC2c2ccnc(C)n2)cn1. The molecule has 0 N–H and O–H groups in total. The number of likely N-dealkylation sites (tertiary alicyclic amines) is 1. The predicted molar refractivity (Wildman–Crippen MR) is 82.4 cm³/mol. The van der Waals surface area contributed by atoms with Gasteiger partial charge < -0.3 is 4.74 Å². The van der Waals surface area contributed by atoms with Crippen LogP contribution in [0.5, 0.6) is 6.01 Å². The first-order chi connectivity index (χ1) is 10.8. The molecule has 0 amide bonds. The summed E-state index contributed by atoms with van der Waals surface area (Å²) in [6, 6.07) is 2.78. The number of hydrogen-bond acceptors (Lipinski definition) is 6. The van der Waals surface area contributed by atoms with E-state index < -0.39 is 0 Å². The van der Waals surface area contributed by atoms with Gasteiger partial charge in [0.2, 0.25) is 0 Å². The fourth-order valence-electron chi connectivity index (χ4n) is 2.94. The molecule has 2 aromatic rings. The Balaban J connectivity index is 1.77. The second-order valence-electron chi connectivity index (χ2n) is 5.59. The summed E-state index contributed by atoms with van der Waals surface area (Å²) in [5.74, 6) is 0.829. The van der Waals surface area contributed by atoms with E-state index in [0.29, 0.717) is 12.1 Å². The monoisotopic (exact) mass is 299 g/mol. The lowest BCUT2D eigenvalue weighted by Crippen LogP contribution is -2.33. The Hall–Kier alpha value is -2.08. The molecule has 22 heavy (non-hydrogen) atoms. The summed E-state index contributed by atoms with van der Waals surface area (Å²) in [7, 11) is 1.58. The van der Waals surface area contributed by atoms with Crippen LogP contribution in [0.15, 0.2) is 24.7 Å². The molecule has 6 heteroatoms. The van der Waals surface area contributed by atoms with Gasteiger partial charge in [-0.2, -0.15) is 0 Å². The van der Waals surface area contributed by atoms with Gasteiger partial charge in [-0.05, 0) is 32.4 Å². The third kappa shape index (κ3) is 3.39. The van der Waals surface area contributed by atoms with Crippen LogP contribution in [0.1, 0.15) is 42.4 Å². The van der Waals surface area contributed by atoms with Gasteiger partial charge in [-0.1, -0.05) is 6.42 Å². The lowest BCUT2D eigenvalue weighted by atomic mass is 9.98. The highest BCUT2D eigenvalue weighted by Crippen LogP contribution is 2.30. The Bertz CT molecular complexity index is 616. The molecular formula is C16H21N5O. The van der Waals surface area contributed by atoms with Crippen LogP contribution in [0.25, 0.3) is 0 Å². The van der Waals surface area contributed by atoms with E-state index in [2.05, 4.69) is 24.8 Å². The fourth-order valence-corrected chi connectivity index (χ4v) is 2.94. The van der Waals surface area contributed by atoms with Gasteiger partial charge in [0, 0.05) is 30.7 Å². The molecule has 0 spiro atoms. The molecule has 116 valence electrons. The highest BCUT2D eigenvalue weighted by molar-refractivity contribution is 5.12. The first-order valence-corrected chi connectivity index (χ1v) is 7.65. The Morgan fingerprint density at radius 2 is 2.05 bits per heavy atom. The molecule has 2 aromatic heterocycles. The summed E-state index contributed by atoms with van der Waals surface area (Å²) in [4.78, 5) is 19.6. The summed E-state index contributed by atoms with van der Waals surface area (Å²) in [6.45, 7) is 3.84. The molecule has 6 nitrogen and oxygen atoms in total. The van der Waals surface area contributed by atoms with E-state index in [1.54, 1.807) is 7.11 Å². The Morgan fingerprint density at radius 1 is 1.23 bits per heavy atom. The van der Waals surface area contributed by atoms with Crippen molar-refractivity contribution in [2.75, 3.05) is 13.7 Å². The predicted octanol–water partition coefficient (Wildman–Crippen LogP) is 2.31. The van der Waals surface area contributed by atoms with Crippen molar-refractivity contribution in [3.63, 3.8) is 0 Å². The minimum absolute atomic E-state index is 0.345. The van der Waals surface area contributed by atoms with Crippen LogP contribution in [-0.4, -0.2) is 38.5 Å². The lowest BCUT2D eigenvalue weighted by Gasteiger charge is -2.35. The first kappa shape index (κ1) is 14.8. The summed E-state index contributed by atoms with van der Waals surface area (Å²) in [5.41, 5.74) is 2.21. The smallest absolute Gasteiger partial charge is 0.316 e. The number of methoxy groups -OCH3 is 1. The zero-order valence-electron chi connectivity index (χ0n) is 13.1. The van der Waals surface area contributed by atoms with Crippen LogP contribution >= 0.6 is 0 Å². The number of piperidine rings is 1. The molecule has 1 aliphatic rings. The average molecular weight is 299 g/mol. The molecule has 0 saturated carbocycles. The van der Waals surface area contributed by atoms with Crippen molar-refractivity contribution in [2.24, 2.45) is 0 Å². The van der Waals surface area contributed by atoms with Gasteiger partial charge in [0.25, 0.3) is 0 Å². The van der Waals surface area contributed by atoms with Gasteiger partial charge in [-0.25, -0.2) is 19.9 Å². The van der Waals surface area contributed by atoms with Crippen molar-refractivity contribution in [1.29, 1.82) is 0 Å². The van der Waals surface area contributed by atoms with Gasteiger partial charge >= 0.3 is 6.01 Å². The molecule has 0 bridgehead atoms. The summed E-state index contributed by atoms with van der Waals surface area (Å²) < 4.78 is 5.01. The van der Waals surface area contributed by atoms with E-state index in [-0.39, 0.29) is 0 Å². The summed E-state index contributed by atoms with van der Waals surface area (Å²) >= 11 is 0. The van der Waals surface area contributed by atoms with Crippen LogP contribution in [-0.2, 0) is 6.54 Å². The number of hydrogen-bond donors (Lipinski definition) is 0. The van der Waals surface area contributed by atoms with Crippen molar-refractivity contribution < 1.29 is 4.74 Å². The number of ether oxygens (including phenoxy) is 1. The molecule has 1 atom stereocenters. The van der Waals surface area contributed by atoms with Crippen LogP contribution in [0.4, 0.5) is 0 Å². The third-order valence-electron chi connectivity index (χ3n) is 4.00. The Kier molecular flexibility index (Phi) is 4.58. The summed E-state index contributed by atoms with van der Waals surface area (Å²) in [6.07, 6.45) is 9.11. The maximum atomic E-state index is 5.01. The van der Waals surface area contributed by atoms with E-state index in [1.807, 2.05) is 31.6 Å². The molecular weight excluding hydrogens is 278 g/mol. The van der Waals surface area contributed by atoms with Gasteiger partial charge in [0.05, 0.1) is 18.8 Å². The van der Waals surface area contributed by atoms with Gasteiger partial charge in [0.1, 0.15) is 5.82 Å². The van der Waals surface area contributed by atoms with Crippen molar-refractivity contribution >= 4 is 0 Å². The second-order valence-corrected chi connectivity index (χ2v) is 5.59. The maximum absolute atomic E-state index is 5.01. The minimum atomic E-state index is 0.345. The number of aromatic nitrogens is 4. The van der Waals surface area contributed by atoms with Crippen molar-refractivity contribution in [1.82, 2.24) is 24.8 Å². The quantitative estimate of drug-likeness (QED) is 0.863. The maximum Gasteiger partial charge on any atom is 0.316 e. The molecule has 1 saturated heterocycles. The molecule has 1 aliphatic heterocycles. The fraction of sp³-hybridized carbons (Fsp3) is 0.500. The zero-order valence-corrected chi connectivity index (χ0v) is 13.1. The van der Waals surface area contributed by atoms with E-state index in [4.69, 9.17) is 4.74 Å². The minimum Gasteiger partial charge on any atom is -0.467 e. The molecule has 0 aliphatic carbocycles. The summed E-state index contributed by atoms with van der Waals surface area (Å²) in [5, 5.41) is 0. The van der Waals surface area contributed by atoms with Crippen LogP contribution in [0.3, 0.4) is 0 Å². The van der Waals surface area contributed by atoms with Crippen LogP contribution in [0, 0.1) is 6.92 Å². The highest BCUT2D eigenvalue weighted by Gasteiger charge is 2.25. The molecule has 1 fully saturated rings. The van der Waals surface area contributed by atoms with Crippen LogP contribution < -0.4 is 4.74 Å². The zero-order chi connectivity index (χ0) is 15.4. The molecule has 3 rings (SSSR count). The van der Waals surface area contributed by atoms with Gasteiger partial charge in [-0.15, -0.1) is 0 Å². The third-order valence-corrected chi connectivity index (χ3v) is 4.00. The largest absolute Gasteiger partial charge is 0.467 e. The van der Waals surface area contributed by atoms with Gasteiger partial charge in [0.15, 0.2) is 0 Å². The normalized spacial score (nSPS) is 19.1. The van der Waals surface area contributed by atoms with E-state index >= 15 is 0 Å².